The molecule has 0 saturated carbocycles. The number of nitrogens with one attached hydrogen (secondary N) is 2. The van der Waals surface area contributed by atoms with Gasteiger partial charge < -0.3 is 10.7 Å². The smallest absolute Gasteiger partial charge is 0.257 e. The summed E-state index contributed by atoms with van der Waals surface area (Å²) < 4.78 is 0. The van der Waals surface area contributed by atoms with Crippen LogP contribution in [0.5, 0.6) is 0 Å². The van der Waals surface area contributed by atoms with Gasteiger partial charge in [-0.1, -0.05) is 35.9 Å². The summed E-state index contributed by atoms with van der Waals surface area (Å²) in [5.41, 5.74) is 5.03. The number of hydrogen-bond donors (Lipinski definition) is 3. The summed E-state index contributed by atoms with van der Waals surface area (Å²) in [4.78, 5) is 12.2. The Kier molecular flexibility index (Phi) is 4.04. The van der Waals surface area contributed by atoms with E-state index >= 15 is 0 Å². The first kappa shape index (κ1) is 13.4. The second-order valence-electron chi connectivity index (χ2n) is 4.08. The lowest BCUT2D eigenvalue weighted by atomic mass is 10.1. The van der Waals surface area contributed by atoms with Crippen molar-refractivity contribution in [1.82, 2.24) is 0 Å². The summed E-state index contributed by atoms with van der Waals surface area (Å²) in [6, 6.07) is 12.4. The summed E-state index contributed by atoms with van der Waals surface area (Å²) in [6.07, 6.45) is 0. The number of halogens is 1. The highest BCUT2D eigenvalue weighted by Gasteiger charge is 2.13. The molecular formula is C14H14ClN3O. The molecule has 1 amide bonds. The average Bonchev–Trinajstić information content (AvgIpc) is 2.42. The van der Waals surface area contributed by atoms with Gasteiger partial charge in [0.05, 0.1) is 22.0 Å². The van der Waals surface area contributed by atoms with Gasteiger partial charge in [0.1, 0.15) is 0 Å². The van der Waals surface area contributed by atoms with Crippen molar-refractivity contribution in [1.29, 1.82) is 0 Å². The fourth-order valence-corrected chi connectivity index (χ4v) is 2.05. The molecule has 0 unspecified atom stereocenters. The highest BCUT2D eigenvalue weighted by Crippen LogP contribution is 2.26. The number of nitrogen functional groups attached to an aromatic ring is 1. The Balaban J connectivity index is 2.31. The minimum Gasteiger partial charge on any atom is -0.323 e. The van der Waals surface area contributed by atoms with Crippen molar-refractivity contribution in [3.63, 3.8) is 0 Å². The lowest BCUT2D eigenvalue weighted by molar-refractivity contribution is 0.102. The topological polar surface area (TPSA) is 67.2 Å². The van der Waals surface area contributed by atoms with Gasteiger partial charge in [0.15, 0.2) is 0 Å². The van der Waals surface area contributed by atoms with Gasteiger partial charge in [0.2, 0.25) is 0 Å². The van der Waals surface area contributed by atoms with Gasteiger partial charge in [0, 0.05) is 0 Å². The van der Waals surface area contributed by atoms with Gasteiger partial charge in [0.25, 0.3) is 5.91 Å². The van der Waals surface area contributed by atoms with E-state index in [1.807, 2.05) is 19.1 Å². The van der Waals surface area contributed by atoms with E-state index in [0.717, 1.165) is 5.56 Å². The zero-order valence-electron chi connectivity index (χ0n) is 10.4. The number of hydrazine groups is 1. The first-order valence-electron chi connectivity index (χ1n) is 5.75. The molecule has 0 spiro atoms. The number of carbonyl (C=O) groups excluding carboxylic acids is 1. The van der Waals surface area contributed by atoms with Crippen LogP contribution in [0.2, 0.25) is 5.02 Å². The maximum atomic E-state index is 12.2. The third kappa shape index (κ3) is 2.86. The monoisotopic (exact) mass is 275 g/mol. The van der Waals surface area contributed by atoms with E-state index in [-0.39, 0.29) is 5.91 Å². The van der Waals surface area contributed by atoms with Gasteiger partial charge in [-0.3, -0.25) is 10.6 Å². The van der Waals surface area contributed by atoms with Crippen LogP contribution in [-0.4, -0.2) is 5.91 Å². The molecule has 4 N–H and O–H groups in total. The molecule has 0 aliphatic rings. The Bertz CT molecular complexity index is 593. The van der Waals surface area contributed by atoms with E-state index in [2.05, 4.69) is 10.7 Å². The van der Waals surface area contributed by atoms with E-state index in [1.165, 1.54) is 0 Å². The SMILES string of the molecule is Cc1cccc(Cl)c1NC(=O)c1ccccc1NN. The molecule has 0 radical (unpaired) electrons. The molecule has 0 aromatic heterocycles. The predicted molar refractivity (Wildman–Crippen MR) is 78.4 cm³/mol. The Morgan fingerprint density at radius 1 is 1.16 bits per heavy atom. The van der Waals surface area contributed by atoms with Crippen LogP contribution in [0.1, 0.15) is 15.9 Å². The first-order chi connectivity index (χ1) is 9.13. The molecule has 4 nitrogen and oxygen atoms in total. The summed E-state index contributed by atoms with van der Waals surface area (Å²) in [5.74, 6) is 5.13. The summed E-state index contributed by atoms with van der Waals surface area (Å²) in [6.45, 7) is 1.88. The number of hydrogen-bond acceptors (Lipinski definition) is 3. The molecule has 0 fully saturated rings. The standard InChI is InChI=1S/C14H14ClN3O/c1-9-5-4-7-11(15)13(9)17-14(19)10-6-2-3-8-12(10)18-16/h2-8,18H,16H2,1H3,(H,17,19). The van der Waals surface area contributed by atoms with E-state index < -0.39 is 0 Å². The fourth-order valence-electron chi connectivity index (χ4n) is 1.78. The number of para-hydroxylation sites is 2. The van der Waals surface area contributed by atoms with Crippen LogP contribution in [0.4, 0.5) is 11.4 Å². The van der Waals surface area contributed by atoms with Crippen molar-refractivity contribution in [2.24, 2.45) is 5.84 Å². The molecule has 0 atom stereocenters. The summed E-state index contributed by atoms with van der Waals surface area (Å²) >= 11 is 6.08. The van der Waals surface area contributed by atoms with E-state index in [1.54, 1.807) is 30.3 Å². The average molecular weight is 276 g/mol. The van der Waals surface area contributed by atoms with Crippen LogP contribution >= 0.6 is 11.6 Å². The number of rotatable bonds is 3. The van der Waals surface area contributed by atoms with Crippen molar-refractivity contribution in [3.8, 4) is 0 Å². The third-order valence-corrected chi connectivity index (χ3v) is 3.10. The predicted octanol–water partition coefficient (Wildman–Crippen LogP) is 3.19. The molecule has 19 heavy (non-hydrogen) atoms. The third-order valence-electron chi connectivity index (χ3n) is 2.79. The van der Waals surface area contributed by atoms with Crippen LogP contribution in [0.15, 0.2) is 42.5 Å². The molecule has 0 saturated heterocycles. The molecule has 0 aliphatic heterocycles. The molecular weight excluding hydrogens is 262 g/mol. The lowest BCUT2D eigenvalue weighted by Gasteiger charge is -2.12. The van der Waals surface area contributed by atoms with E-state index in [4.69, 9.17) is 17.4 Å². The number of nitrogens with two attached hydrogens (primary N) is 1. The Labute approximate surface area is 116 Å². The van der Waals surface area contributed by atoms with Crippen LogP contribution in [0.3, 0.4) is 0 Å². The minimum atomic E-state index is -0.259. The molecule has 5 heteroatoms. The molecule has 2 aromatic carbocycles. The normalized spacial score (nSPS) is 10.1. The second kappa shape index (κ2) is 5.73. The molecule has 0 bridgehead atoms. The van der Waals surface area contributed by atoms with Gasteiger partial charge in [-0.2, -0.15) is 0 Å². The van der Waals surface area contributed by atoms with E-state index in [0.29, 0.717) is 22.0 Å². The highest BCUT2D eigenvalue weighted by molar-refractivity contribution is 6.34. The van der Waals surface area contributed by atoms with Crippen LogP contribution in [-0.2, 0) is 0 Å². The maximum absolute atomic E-state index is 12.2. The van der Waals surface area contributed by atoms with Crippen LogP contribution < -0.4 is 16.6 Å². The summed E-state index contributed by atoms with van der Waals surface area (Å²) in [7, 11) is 0. The van der Waals surface area contributed by atoms with Crippen molar-refractivity contribution in [3.05, 3.63) is 58.6 Å². The number of aryl methyl sites for hydroxylation is 1. The van der Waals surface area contributed by atoms with Gasteiger partial charge in [-0.05, 0) is 30.7 Å². The number of carbonyl (C=O) groups is 1. The van der Waals surface area contributed by atoms with Gasteiger partial charge in [-0.25, -0.2) is 0 Å². The zero-order valence-corrected chi connectivity index (χ0v) is 11.2. The number of anilines is 2. The first-order valence-corrected chi connectivity index (χ1v) is 6.13. The Morgan fingerprint density at radius 2 is 1.89 bits per heavy atom. The van der Waals surface area contributed by atoms with Gasteiger partial charge in [-0.15, -0.1) is 0 Å². The van der Waals surface area contributed by atoms with Crippen molar-refractivity contribution in [2.75, 3.05) is 10.7 Å². The van der Waals surface area contributed by atoms with Gasteiger partial charge >= 0.3 is 0 Å². The van der Waals surface area contributed by atoms with Crippen molar-refractivity contribution >= 4 is 28.9 Å². The number of amides is 1. The van der Waals surface area contributed by atoms with Crippen molar-refractivity contribution in [2.45, 2.75) is 6.92 Å². The fraction of sp³-hybridized carbons (Fsp3) is 0.0714. The largest absolute Gasteiger partial charge is 0.323 e. The quantitative estimate of drug-likeness (QED) is 0.595. The number of benzene rings is 2. The molecule has 2 rings (SSSR count). The molecule has 98 valence electrons. The lowest BCUT2D eigenvalue weighted by Crippen LogP contribution is -2.17. The molecule has 2 aromatic rings. The second-order valence-corrected chi connectivity index (χ2v) is 4.48. The molecule has 0 aliphatic carbocycles. The van der Waals surface area contributed by atoms with Crippen LogP contribution in [0, 0.1) is 6.92 Å². The maximum Gasteiger partial charge on any atom is 0.257 e. The zero-order chi connectivity index (χ0) is 13.8. The highest BCUT2D eigenvalue weighted by atomic mass is 35.5. The summed E-state index contributed by atoms with van der Waals surface area (Å²) in [5, 5.41) is 3.31. The van der Waals surface area contributed by atoms with E-state index in [9.17, 15) is 4.79 Å². The minimum absolute atomic E-state index is 0.259. The molecule has 0 heterocycles. The van der Waals surface area contributed by atoms with Crippen LogP contribution in [0.25, 0.3) is 0 Å². The van der Waals surface area contributed by atoms with Crippen molar-refractivity contribution < 1.29 is 4.79 Å². The Morgan fingerprint density at radius 3 is 2.58 bits per heavy atom. The Hall–Kier alpha value is -2.04.